The highest BCUT2D eigenvalue weighted by Gasteiger charge is 2.47. The summed E-state index contributed by atoms with van der Waals surface area (Å²) in [5, 5.41) is 22.6. The molecule has 1 aromatic heterocycles. The van der Waals surface area contributed by atoms with E-state index in [4.69, 9.17) is 9.47 Å². The van der Waals surface area contributed by atoms with Crippen molar-refractivity contribution in [2.45, 2.75) is 57.0 Å². The number of nitrogens with zero attached hydrogens (tertiary/aromatic N) is 1. The summed E-state index contributed by atoms with van der Waals surface area (Å²) in [5.41, 5.74) is 3.53. The lowest BCUT2D eigenvalue weighted by atomic mass is 9.87. The number of hydrogen-bond acceptors (Lipinski definition) is 6. The van der Waals surface area contributed by atoms with Gasteiger partial charge < -0.3 is 19.7 Å². The predicted molar refractivity (Wildman–Crippen MR) is 102 cm³/mol. The van der Waals surface area contributed by atoms with Crippen LogP contribution in [0.4, 0.5) is 0 Å². The topological polar surface area (TPSA) is 71.8 Å². The molecule has 2 N–H and O–H groups in total. The van der Waals surface area contributed by atoms with Gasteiger partial charge in [-0.05, 0) is 54.9 Å². The van der Waals surface area contributed by atoms with Crippen LogP contribution in [0.1, 0.15) is 47.2 Å². The zero-order valence-electron chi connectivity index (χ0n) is 15.2. The molecule has 2 heterocycles. The van der Waals surface area contributed by atoms with Crippen molar-refractivity contribution in [3.05, 3.63) is 45.4 Å². The average molecular weight is 388 g/mol. The van der Waals surface area contributed by atoms with Crippen molar-refractivity contribution in [2.24, 2.45) is 11.8 Å². The van der Waals surface area contributed by atoms with Crippen LogP contribution in [0.2, 0.25) is 0 Å². The van der Waals surface area contributed by atoms with Crippen molar-refractivity contribution in [1.29, 1.82) is 0 Å². The average Bonchev–Trinajstić information content (AvgIpc) is 3.25. The molecule has 0 spiro atoms. The number of hydrogen-bond donors (Lipinski definition) is 2. The molecule has 144 valence electrons. The molecule has 5 rings (SSSR count). The Morgan fingerprint density at radius 2 is 2.11 bits per heavy atom. The molecule has 27 heavy (non-hydrogen) atoms. The minimum absolute atomic E-state index is 0.0172. The van der Waals surface area contributed by atoms with Gasteiger partial charge >= 0.3 is 0 Å². The quantitative estimate of drug-likeness (QED) is 0.825. The molecule has 2 aromatic rings. The Bertz CT molecular complexity index is 822. The van der Waals surface area contributed by atoms with Gasteiger partial charge in [0.05, 0.1) is 31.1 Å². The Morgan fingerprint density at radius 1 is 1.22 bits per heavy atom. The highest BCUT2D eigenvalue weighted by molar-refractivity contribution is 7.09. The van der Waals surface area contributed by atoms with E-state index in [0.717, 1.165) is 30.0 Å². The number of rotatable bonds is 5. The van der Waals surface area contributed by atoms with Crippen LogP contribution in [0.5, 0.6) is 5.75 Å². The molecule has 1 saturated carbocycles. The van der Waals surface area contributed by atoms with E-state index in [1.807, 2.05) is 11.4 Å². The van der Waals surface area contributed by atoms with Crippen LogP contribution in [-0.4, -0.2) is 34.0 Å². The number of ether oxygens (including phenoxy) is 2. The van der Waals surface area contributed by atoms with E-state index in [1.54, 1.807) is 11.3 Å². The Hall–Kier alpha value is -1.47. The van der Waals surface area contributed by atoms with E-state index in [1.165, 1.54) is 17.5 Å². The number of aliphatic hydroxyl groups is 2. The van der Waals surface area contributed by atoms with Gasteiger partial charge in [-0.1, -0.05) is 6.07 Å². The van der Waals surface area contributed by atoms with Crippen LogP contribution in [0.25, 0.3) is 0 Å². The molecule has 0 unspecified atom stereocenters. The van der Waals surface area contributed by atoms with Crippen molar-refractivity contribution < 1.29 is 19.7 Å². The van der Waals surface area contributed by atoms with Crippen molar-refractivity contribution in [3.63, 3.8) is 0 Å². The van der Waals surface area contributed by atoms with Crippen LogP contribution in [-0.2, 0) is 24.2 Å². The van der Waals surface area contributed by atoms with E-state index in [9.17, 15) is 10.2 Å². The van der Waals surface area contributed by atoms with Gasteiger partial charge in [-0.25, -0.2) is 4.98 Å². The summed E-state index contributed by atoms with van der Waals surface area (Å²) < 4.78 is 12.4. The van der Waals surface area contributed by atoms with Gasteiger partial charge in [0.25, 0.3) is 0 Å². The van der Waals surface area contributed by atoms with Crippen LogP contribution >= 0.6 is 11.3 Å². The van der Waals surface area contributed by atoms with Crippen LogP contribution in [0, 0.1) is 11.8 Å². The maximum absolute atomic E-state index is 10.6. The fourth-order valence-electron chi connectivity index (χ4n) is 4.74. The number of fused-ring (bicyclic) bond motifs is 2. The van der Waals surface area contributed by atoms with E-state index < -0.39 is 0 Å². The number of aromatic nitrogens is 1. The summed E-state index contributed by atoms with van der Waals surface area (Å²) in [6, 6.07) is 6.35. The fraction of sp³-hybridized carbons (Fsp3) is 0.571. The van der Waals surface area contributed by atoms with Crippen molar-refractivity contribution >= 4 is 11.3 Å². The van der Waals surface area contributed by atoms with E-state index in [2.05, 4.69) is 17.1 Å². The van der Waals surface area contributed by atoms with Gasteiger partial charge in [-0.3, -0.25) is 0 Å². The second kappa shape index (κ2) is 7.17. The molecule has 5 atom stereocenters. The van der Waals surface area contributed by atoms with Crippen LogP contribution < -0.4 is 4.74 Å². The van der Waals surface area contributed by atoms with E-state index in [0.29, 0.717) is 24.6 Å². The summed E-state index contributed by atoms with van der Waals surface area (Å²) in [6.45, 7) is 0.511. The third kappa shape index (κ3) is 3.29. The minimum Gasteiger partial charge on any atom is -0.493 e. The fourth-order valence-corrected chi connectivity index (χ4v) is 5.62. The first kappa shape index (κ1) is 17.6. The van der Waals surface area contributed by atoms with E-state index >= 15 is 0 Å². The van der Waals surface area contributed by atoms with Gasteiger partial charge in [0.1, 0.15) is 16.9 Å². The first-order chi connectivity index (χ1) is 13.2. The molecular weight excluding hydrogens is 362 g/mol. The molecular formula is C21H25NO4S. The Balaban J connectivity index is 1.22. The molecule has 1 aliphatic heterocycles. The number of benzene rings is 1. The zero-order chi connectivity index (χ0) is 18.4. The maximum Gasteiger partial charge on any atom is 0.122 e. The van der Waals surface area contributed by atoms with Crippen molar-refractivity contribution in [1.82, 2.24) is 4.98 Å². The molecule has 3 aliphatic rings. The summed E-state index contributed by atoms with van der Waals surface area (Å²) in [5.74, 6) is 1.37. The SMILES string of the molecule is OCc1csc([C@H]2CC[C@@H]3[C@@H](COc4ccc5c(c4)CC5)[C@H](O)C[C@@H]3O2)n1. The highest BCUT2D eigenvalue weighted by atomic mass is 32.1. The molecule has 1 aromatic carbocycles. The van der Waals surface area contributed by atoms with E-state index in [-0.39, 0.29) is 30.8 Å². The summed E-state index contributed by atoms with van der Waals surface area (Å²) in [6.07, 6.45) is 4.57. The molecule has 0 amide bonds. The molecule has 0 bridgehead atoms. The Morgan fingerprint density at radius 3 is 2.85 bits per heavy atom. The van der Waals surface area contributed by atoms with Crippen molar-refractivity contribution in [2.75, 3.05) is 6.61 Å². The van der Waals surface area contributed by atoms with Gasteiger partial charge in [-0.15, -0.1) is 11.3 Å². The molecule has 0 radical (unpaired) electrons. The largest absolute Gasteiger partial charge is 0.493 e. The van der Waals surface area contributed by atoms with Crippen LogP contribution in [0.3, 0.4) is 0 Å². The predicted octanol–water partition coefficient (Wildman–Crippen LogP) is 3.03. The number of aliphatic hydroxyl groups excluding tert-OH is 2. The number of thiazole rings is 1. The lowest BCUT2D eigenvalue weighted by molar-refractivity contribution is -0.0812. The third-order valence-electron chi connectivity index (χ3n) is 6.39. The van der Waals surface area contributed by atoms with Crippen molar-refractivity contribution in [3.8, 4) is 5.75 Å². The second-order valence-corrected chi connectivity index (χ2v) is 8.84. The zero-order valence-corrected chi connectivity index (χ0v) is 16.0. The van der Waals surface area contributed by atoms with Gasteiger partial charge in [0, 0.05) is 17.7 Å². The molecule has 6 heteroatoms. The second-order valence-electron chi connectivity index (χ2n) is 7.95. The third-order valence-corrected chi connectivity index (χ3v) is 7.37. The van der Waals surface area contributed by atoms with Gasteiger partial charge in [0.15, 0.2) is 0 Å². The monoisotopic (exact) mass is 387 g/mol. The summed E-state index contributed by atoms with van der Waals surface area (Å²) in [4.78, 5) is 4.46. The van der Waals surface area contributed by atoms with Gasteiger partial charge in [0.2, 0.25) is 0 Å². The lowest BCUT2D eigenvalue weighted by Gasteiger charge is -2.34. The molecule has 1 saturated heterocycles. The lowest BCUT2D eigenvalue weighted by Crippen LogP contribution is -2.33. The highest BCUT2D eigenvalue weighted by Crippen LogP contribution is 2.46. The Kier molecular flexibility index (Phi) is 4.68. The Labute approximate surface area is 163 Å². The minimum atomic E-state index is -0.380. The first-order valence-electron chi connectivity index (χ1n) is 9.84. The number of aryl methyl sites for hydroxylation is 2. The molecule has 2 aliphatic carbocycles. The first-order valence-corrected chi connectivity index (χ1v) is 10.7. The summed E-state index contributed by atoms with van der Waals surface area (Å²) >= 11 is 1.55. The smallest absolute Gasteiger partial charge is 0.122 e. The normalized spacial score (nSPS) is 31.9. The summed E-state index contributed by atoms with van der Waals surface area (Å²) in [7, 11) is 0. The standard InChI is InChI=1S/C21H25NO4S/c23-9-14-11-27-21(22-14)19-6-5-16-17(18(24)8-20(16)26-19)10-25-15-4-3-12-1-2-13(12)7-15/h3-4,7,11,16-20,23-24H,1-2,5-6,8-10H2/t16-,17-,18-,19-,20+/m1/s1. The molecule has 5 nitrogen and oxygen atoms in total. The van der Waals surface area contributed by atoms with Crippen LogP contribution in [0.15, 0.2) is 23.6 Å². The maximum atomic E-state index is 10.6. The molecule has 2 fully saturated rings. The van der Waals surface area contributed by atoms with Gasteiger partial charge in [-0.2, -0.15) is 0 Å².